The number of amides is 1. The number of fused-ring (bicyclic) bond motifs is 2. The van der Waals surface area contributed by atoms with Crippen LogP contribution in [0.2, 0.25) is 0 Å². The van der Waals surface area contributed by atoms with E-state index in [1.54, 1.807) is 0 Å². The van der Waals surface area contributed by atoms with E-state index >= 15 is 0 Å². The van der Waals surface area contributed by atoms with Gasteiger partial charge in [-0.25, -0.2) is 0 Å². The van der Waals surface area contributed by atoms with Crippen LogP contribution in [0, 0.1) is 0 Å². The van der Waals surface area contributed by atoms with Gasteiger partial charge in [0.25, 0.3) is 5.91 Å². The van der Waals surface area contributed by atoms with Crippen molar-refractivity contribution in [3.8, 4) is 0 Å². The van der Waals surface area contributed by atoms with Gasteiger partial charge in [0.1, 0.15) is 0 Å². The van der Waals surface area contributed by atoms with Crippen LogP contribution in [0.25, 0.3) is 0 Å². The predicted octanol–water partition coefficient (Wildman–Crippen LogP) is 2.09. The van der Waals surface area contributed by atoms with Gasteiger partial charge in [0.05, 0.1) is 0 Å². The van der Waals surface area contributed by atoms with Crippen LogP contribution in [-0.2, 0) is 32.9 Å². The van der Waals surface area contributed by atoms with Gasteiger partial charge in [-0.3, -0.25) is 9.48 Å². The summed E-state index contributed by atoms with van der Waals surface area (Å²) in [5.74, 6) is 0.0866. The maximum Gasteiger partial charge on any atom is 0.274 e. The number of nitrogens with one attached hydrogen (secondary N) is 1. The molecule has 0 bridgehead atoms. The van der Waals surface area contributed by atoms with E-state index in [1.165, 1.54) is 16.8 Å². The van der Waals surface area contributed by atoms with Gasteiger partial charge in [-0.15, -0.1) is 0 Å². The number of aromatic nitrogens is 2. The number of hydrogen-bond acceptors (Lipinski definition) is 3. The van der Waals surface area contributed by atoms with E-state index < -0.39 is 0 Å². The first-order valence-corrected chi connectivity index (χ1v) is 9.31. The number of rotatable bonds is 3. The molecule has 4 rings (SSSR count). The molecule has 1 N–H and O–H groups in total. The summed E-state index contributed by atoms with van der Waals surface area (Å²) in [7, 11) is 1.97. The predicted molar refractivity (Wildman–Crippen MR) is 97.6 cm³/mol. The van der Waals surface area contributed by atoms with Crippen molar-refractivity contribution in [3.63, 3.8) is 0 Å². The standard InChI is InChI=1S/C20H26N4O/c1-3-21-16-8-9-18-17(12-16)19(22-23(18)2)20(25)24-11-10-14-6-4-5-7-15(14)13-24/h4-7,16,21H,3,8-13H2,1-2H3. The van der Waals surface area contributed by atoms with Crippen molar-refractivity contribution in [2.75, 3.05) is 13.1 Å². The van der Waals surface area contributed by atoms with Crippen LogP contribution in [0.1, 0.15) is 46.2 Å². The molecule has 2 aromatic rings. The molecule has 5 nitrogen and oxygen atoms in total. The molecule has 1 amide bonds. The molecule has 1 aromatic heterocycles. The first-order chi connectivity index (χ1) is 12.2. The number of hydrogen-bond donors (Lipinski definition) is 1. The van der Waals surface area contributed by atoms with Gasteiger partial charge in [0, 0.05) is 37.4 Å². The van der Waals surface area contributed by atoms with Gasteiger partial charge in [0.15, 0.2) is 5.69 Å². The quantitative estimate of drug-likeness (QED) is 0.932. The molecule has 2 aliphatic rings. The van der Waals surface area contributed by atoms with E-state index in [-0.39, 0.29) is 5.91 Å². The molecule has 0 saturated carbocycles. The number of aryl methyl sites for hydroxylation is 1. The number of carbonyl (C=O) groups excluding carboxylic acids is 1. The Balaban J connectivity index is 1.59. The van der Waals surface area contributed by atoms with E-state index in [4.69, 9.17) is 0 Å². The van der Waals surface area contributed by atoms with Crippen LogP contribution >= 0.6 is 0 Å². The highest BCUT2D eigenvalue weighted by Gasteiger charge is 2.31. The lowest BCUT2D eigenvalue weighted by Crippen LogP contribution is -2.38. The molecule has 1 atom stereocenters. The third-order valence-corrected chi connectivity index (χ3v) is 5.57. The van der Waals surface area contributed by atoms with Crippen LogP contribution in [0.3, 0.4) is 0 Å². The van der Waals surface area contributed by atoms with Crippen LogP contribution < -0.4 is 5.32 Å². The first kappa shape index (κ1) is 16.3. The molecule has 1 aliphatic carbocycles. The molecule has 2 heterocycles. The lowest BCUT2D eigenvalue weighted by Gasteiger charge is -2.29. The monoisotopic (exact) mass is 338 g/mol. The minimum Gasteiger partial charge on any atom is -0.333 e. The third kappa shape index (κ3) is 2.97. The van der Waals surface area contributed by atoms with Crippen molar-refractivity contribution in [1.29, 1.82) is 0 Å². The number of carbonyl (C=O) groups is 1. The van der Waals surface area contributed by atoms with Crippen molar-refractivity contribution in [2.24, 2.45) is 7.05 Å². The molecule has 1 aliphatic heterocycles. The fourth-order valence-electron chi connectivity index (χ4n) is 4.24. The normalized spacial score (nSPS) is 19.4. The summed E-state index contributed by atoms with van der Waals surface area (Å²) in [6.07, 6.45) is 3.94. The van der Waals surface area contributed by atoms with Gasteiger partial charge >= 0.3 is 0 Å². The maximum atomic E-state index is 13.2. The Kier molecular flexibility index (Phi) is 4.34. The maximum absolute atomic E-state index is 13.2. The number of benzene rings is 1. The highest BCUT2D eigenvalue weighted by molar-refractivity contribution is 5.94. The molecule has 25 heavy (non-hydrogen) atoms. The Bertz CT molecular complexity index is 795. The zero-order chi connectivity index (χ0) is 17.4. The van der Waals surface area contributed by atoms with Gasteiger partial charge in [0.2, 0.25) is 0 Å². The zero-order valence-electron chi connectivity index (χ0n) is 15.1. The molecule has 0 fully saturated rings. The van der Waals surface area contributed by atoms with Crippen LogP contribution in [-0.4, -0.2) is 39.7 Å². The molecule has 1 aromatic carbocycles. The second kappa shape index (κ2) is 6.64. The Morgan fingerprint density at radius 2 is 2.08 bits per heavy atom. The van der Waals surface area contributed by atoms with Crippen molar-refractivity contribution in [2.45, 2.75) is 45.2 Å². The summed E-state index contributed by atoms with van der Waals surface area (Å²) >= 11 is 0. The van der Waals surface area contributed by atoms with Gasteiger partial charge in [-0.2, -0.15) is 5.10 Å². The van der Waals surface area contributed by atoms with Crippen LogP contribution in [0.4, 0.5) is 0 Å². The molecule has 0 radical (unpaired) electrons. The zero-order valence-corrected chi connectivity index (χ0v) is 15.1. The average Bonchev–Trinajstić information content (AvgIpc) is 2.97. The second-order valence-corrected chi connectivity index (χ2v) is 7.14. The van der Waals surface area contributed by atoms with E-state index in [2.05, 4.69) is 41.6 Å². The summed E-state index contributed by atoms with van der Waals surface area (Å²) in [4.78, 5) is 15.1. The largest absolute Gasteiger partial charge is 0.333 e. The summed E-state index contributed by atoms with van der Waals surface area (Å²) in [5, 5.41) is 8.15. The number of likely N-dealkylation sites (N-methyl/N-ethyl adjacent to an activating group) is 1. The topological polar surface area (TPSA) is 50.2 Å². The highest BCUT2D eigenvalue weighted by atomic mass is 16.2. The van der Waals surface area contributed by atoms with Crippen molar-refractivity contribution >= 4 is 5.91 Å². The van der Waals surface area contributed by atoms with Crippen molar-refractivity contribution in [3.05, 3.63) is 52.3 Å². The minimum atomic E-state index is 0.0866. The van der Waals surface area contributed by atoms with E-state index in [0.29, 0.717) is 18.3 Å². The lowest BCUT2D eigenvalue weighted by atomic mass is 9.91. The molecule has 132 valence electrons. The van der Waals surface area contributed by atoms with E-state index in [0.717, 1.165) is 44.3 Å². The van der Waals surface area contributed by atoms with Crippen molar-refractivity contribution in [1.82, 2.24) is 20.0 Å². The first-order valence-electron chi connectivity index (χ1n) is 9.31. The molecule has 0 spiro atoms. The molecular weight excluding hydrogens is 312 g/mol. The van der Waals surface area contributed by atoms with E-state index in [1.807, 2.05) is 16.6 Å². The molecule has 5 heteroatoms. The van der Waals surface area contributed by atoms with Gasteiger partial charge in [-0.1, -0.05) is 31.2 Å². The summed E-state index contributed by atoms with van der Waals surface area (Å²) in [6.45, 7) is 4.57. The van der Waals surface area contributed by atoms with Gasteiger partial charge < -0.3 is 10.2 Å². The molecule has 1 unspecified atom stereocenters. The Morgan fingerprint density at radius 3 is 2.88 bits per heavy atom. The summed E-state index contributed by atoms with van der Waals surface area (Å²) < 4.78 is 1.92. The molecular formula is C20H26N4O. The highest BCUT2D eigenvalue weighted by Crippen LogP contribution is 2.27. The van der Waals surface area contributed by atoms with Crippen molar-refractivity contribution < 1.29 is 4.79 Å². The Labute approximate surface area is 149 Å². The lowest BCUT2D eigenvalue weighted by molar-refractivity contribution is 0.0726. The SMILES string of the molecule is CCNC1CCc2c(c(C(=O)N3CCc4ccccc4C3)nn2C)C1. The average molecular weight is 338 g/mol. The Morgan fingerprint density at radius 1 is 1.28 bits per heavy atom. The molecule has 0 saturated heterocycles. The summed E-state index contributed by atoms with van der Waals surface area (Å²) in [6, 6.07) is 8.88. The van der Waals surface area contributed by atoms with Crippen LogP contribution in [0.5, 0.6) is 0 Å². The third-order valence-electron chi connectivity index (χ3n) is 5.57. The minimum absolute atomic E-state index is 0.0866. The summed E-state index contributed by atoms with van der Waals surface area (Å²) in [5.41, 5.74) is 5.68. The smallest absolute Gasteiger partial charge is 0.274 e. The number of nitrogens with zero attached hydrogens (tertiary/aromatic N) is 3. The fraction of sp³-hybridized carbons (Fsp3) is 0.500. The van der Waals surface area contributed by atoms with E-state index in [9.17, 15) is 4.79 Å². The fourth-order valence-corrected chi connectivity index (χ4v) is 4.24. The Hall–Kier alpha value is -2.14. The second-order valence-electron chi connectivity index (χ2n) is 7.14. The van der Waals surface area contributed by atoms with Gasteiger partial charge in [-0.05, 0) is 43.4 Å². The van der Waals surface area contributed by atoms with Crippen LogP contribution in [0.15, 0.2) is 24.3 Å².